The van der Waals surface area contributed by atoms with Crippen molar-refractivity contribution in [1.29, 1.82) is 0 Å². The summed E-state index contributed by atoms with van der Waals surface area (Å²) in [6.07, 6.45) is 0.747. The first-order valence-corrected chi connectivity index (χ1v) is 5.59. The zero-order chi connectivity index (χ0) is 12.6. The summed E-state index contributed by atoms with van der Waals surface area (Å²) in [6.45, 7) is 5.44. The van der Waals surface area contributed by atoms with Gasteiger partial charge in [-0.25, -0.2) is 4.79 Å². The van der Waals surface area contributed by atoms with Crippen molar-refractivity contribution < 1.29 is 24.2 Å². The van der Waals surface area contributed by atoms with Crippen molar-refractivity contribution in [2.45, 2.75) is 46.1 Å². The second-order valence-electron chi connectivity index (χ2n) is 3.59. The smallest absolute Gasteiger partial charge is 0.481 e. The minimum atomic E-state index is -0.940. The molecule has 0 aliphatic heterocycles. The van der Waals surface area contributed by atoms with E-state index in [1.807, 2.05) is 6.92 Å². The van der Waals surface area contributed by atoms with Gasteiger partial charge in [-0.15, -0.1) is 0 Å². The number of carbonyl (C=O) groups is 2. The summed E-state index contributed by atoms with van der Waals surface area (Å²) in [7, 11) is 0. The van der Waals surface area contributed by atoms with Crippen LogP contribution in [-0.4, -0.2) is 29.9 Å². The quantitative estimate of drug-likeness (QED) is 0.682. The molecule has 0 aromatic heterocycles. The van der Waals surface area contributed by atoms with Crippen molar-refractivity contribution in [3.8, 4) is 0 Å². The molecular formula is C11H20O5. The Bertz CT molecular complexity index is 224. The number of hydrogen-bond acceptors (Lipinski definition) is 4. The Morgan fingerprint density at radius 1 is 1.31 bits per heavy atom. The maximum absolute atomic E-state index is 11.0. The fourth-order valence-corrected chi connectivity index (χ4v) is 1.37. The molecule has 2 atom stereocenters. The molecule has 0 aromatic rings. The van der Waals surface area contributed by atoms with Gasteiger partial charge in [0.15, 0.2) is 0 Å². The van der Waals surface area contributed by atoms with Gasteiger partial charge in [-0.1, -0.05) is 19.8 Å². The Labute approximate surface area is 95.7 Å². The van der Waals surface area contributed by atoms with Crippen LogP contribution in [0.1, 0.15) is 40.0 Å². The van der Waals surface area contributed by atoms with Gasteiger partial charge in [0.05, 0.1) is 12.5 Å². The second-order valence-corrected chi connectivity index (χ2v) is 3.59. The first-order chi connectivity index (χ1) is 7.52. The Morgan fingerprint density at radius 3 is 2.38 bits per heavy atom. The lowest BCUT2D eigenvalue weighted by atomic mass is 9.97. The molecule has 5 nitrogen and oxygen atoms in total. The first kappa shape index (κ1) is 14.7. The van der Waals surface area contributed by atoms with E-state index in [4.69, 9.17) is 9.84 Å². The van der Waals surface area contributed by atoms with E-state index >= 15 is 0 Å². The molecule has 0 aliphatic carbocycles. The maximum atomic E-state index is 11.0. The Hall–Kier alpha value is -1.26. The molecule has 0 aliphatic rings. The lowest BCUT2D eigenvalue weighted by Gasteiger charge is -2.19. The minimum Gasteiger partial charge on any atom is -0.481 e. The van der Waals surface area contributed by atoms with Gasteiger partial charge in [0.25, 0.3) is 0 Å². The summed E-state index contributed by atoms with van der Waals surface area (Å²) in [6, 6.07) is 0. The van der Waals surface area contributed by atoms with E-state index in [9.17, 15) is 9.59 Å². The van der Waals surface area contributed by atoms with Gasteiger partial charge in [-0.2, -0.15) is 0 Å². The summed E-state index contributed by atoms with van der Waals surface area (Å²) in [5.41, 5.74) is 0. The number of unbranched alkanes of at least 4 members (excludes halogenated alkanes) is 1. The van der Waals surface area contributed by atoms with E-state index in [1.54, 1.807) is 13.8 Å². The van der Waals surface area contributed by atoms with Crippen LogP contribution in [0.2, 0.25) is 0 Å². The largest absolute Gasteiger partial charge is 0.508 e. The Balaban J connectivity index is 4.20. The van der Waals surface area contributed by atoms with Crippen LogP contribution in [0.4, 0.5) is 4.79 Å². The minimum absolute atomic E-state index is 0.220. The standard InChI is InChI=1S/C11H20O5/c1-4-6-7-9(10(12)13)8(3)16-11(14)15-5-2/h8-9H,4-7H2,1-3H3,(H,12,13). The van der Waals surface area contributed by atoms with Crippen molar-refractivity contribution >= 4 is 12.1 Å². The highest BCUT2D eigenvalue weighted by molar-refractivity contribution is 5.71. The van der Waals surface area contributed by atoms with Crippen LogP contribution >= 0.6 is 0 Å². The SMILES string of the molecule is CCCCC(C(=O)O)C(C)OC(=O)OCC. The van der Waals surface area contributed by atoms with E-state index in [-0.39, 0.29) is 6.61 Å². The summed E-state index contributed by atoms with van der Waals surface area (Å²) < 4.78 is 9.46. The zero-order valence-corrected chi connectivity index (χ0v) is 10.1. The average molecular weight is 232 g/mol. The van der Waals surface area contributed by atoms with Crippen LogP contribution in [0, 0.1) is 5.92 Å². The van der Waals surface area contributed by atoms with Gasteiger partial charge in [0.2, 0.25) is 0 Å². The maximum Gasteiger partial charge on any atom is 0.508 e. The highest BCUT2D eigenvalue weighted by Gasteiger charge is 2.27. The number of carbonyl (C=O) groups excluding carboxylic acids is 1. The first-order valence-electron chi connectivity index (χ1n) is 5.59. The molecule has 1 N–H and O–H groups in total. The molecule has 0 saturated carbocycles. The molecule has 0 saturated heterocycles. The van der Waals surface area contributed by atoms with E-state index in [2.05, 4.69) is 4.74 Å². The van der Waals surface area contributed by atoms with Crippen molar-refractivity contribution in [2.24, 2.45) is 5.92 Å². The van der Waals surface area contributed by atoms with Gasteiger partial charge in [0, 0.05) is 0 Å². The Kier molecular flexibility index (Phi) is 7.33. The molecule has 94 valence electrons. The van der Waals surface area contributed by atoms with Gasteiger partial charge < -0.3 is 14.6 Å². The highest BCUT2D eigenvalue weighted by Crippen LogP contribution is 2.16. The van der Waals surface area contributed by atoms with Crippen LogP contribution in [0.5, 0.6) is 0 Å². The topological polar surface area (TPSA) is 72.8 Å². The third-order valence-corrected chi connectivity index (χ3v) is 2.30. The number of rotatable bonds is 7. The zero-order valence-electron chi connectivity index (χ0n) is 10.1. The molecule has 0 radical (unpaired) electrons. The number of carboxylic acids is 1. The van der Waals surface area contributed by atoms with E-state index < -0.39 is 24.1 Å². The van der Waals surface area contributed by atoms with Crippen molar-refractivity contribution in [3.63, 3.8) is 0 Å². The van der Waals surface area contributed by atoms with Crippen molar-refractivity contribution in [3.05, 3.63) is 0 Å². The van der Waals surface area contributed by atoms with Gasteiger partial charge in [-0.3, -0.25) is 4.79 Å². The lowest BCUT2D eigenvalue weighted by Crippen LogP contribution is -2.30. The molecule has 0 spiro atoms. The van der Waals surface area contributed by atoms with E-state index in [1.165, 1.54) is 0 Å². The van der Waals surface area contributed by atoms with E-state index in [0.717, 1.165) is 12.8 Å². The third kappa shape index (κ3) is 5.58. The molecule has 0 amide bonds. The van der Waals surface area contributed by atoms with E-state index in [0.29, 0.717) is 6.42 Å². The predicted molar refractivity (Wildman–Crippen MR) is 58.2 cm³/mol. The molecule has 16 heavy (non-hydrogen) atoms. The molecule has 0 aromatic carbocycles. The monoisotopic (exact) mass is 232 g/mol. The molecule has 0 heterocycles. The van der Waals surface area contributed by atoms with Crippen LogP contribution in [0.15, 0.2) is 0 Å². The van der Waals surface area contributed by atoms with Crippen LogP contribution in [0.3, 0.4) is 0 Å². The normalized spacial score (nSPS) is 13.9. The number of aliphatic carboxylic acids is 1. The second kappa shape index (κ2) is 7.96. The summed E-state index contributed by atoms with van der Waals surface area (Å²) in [4.78, 5) is 22.0. The van der Waals surface area contributed by atoms with Gasteiger partial charge >= 0.3 is 12.1 Å². The predicted octanol–water partition coefficient (Wildman–Crippen LogP) is 2.44. The van der Waals surface area contributed by atoms with Gasteiger partial charge in [0.1, 0.15) is 6.10 Å². The molecule has 0 rings (SSSR count). The van der Waals surface area contributed by atoms with Gasteiger partial charge in [-0.05, 0) is 20.3 Å². The van der Waals surface area contributed by atoms with Crippen LogP contribution in [0.25, 0.3) is 0 Å². The third-order valence-electron chi connectivity index (χ3n) is 2.30. The van der Waals surface area contributed by atoms with Crippen molar-refractivity contribution in [2.75, 3.05) is 6.61 Å². The fourth-order valence-electron chi connectivity index (χ4n) is 1.37. The number of carboxylic acid groups (broad SMARTS) is 1. The van der Waals surface area contributed by atoms with Crippen molar-refractivity contribution in [1.82, 2.24) is 0 Å². The van der Waals surface area contributed by atoms with Crippen LogP contribution in [-0.2, 0) is 14.3 Å². The number of ether oxygens (including phenoxy) is 2. The Morgan fingerprint density at radius 2 is 1.94 bits per heavy atom. The molecule has 2 unspecified atom stereocenters. The van der Waals surface area contributed by atoms with Crippen LogP contribution < -0.4 is 0 Å². The summed E-state index contributed by atoms with van der Waals surface area (Å²) in [5.74, 6) is -1.60. The highest BCUT2D eigenvalue weighted by atomic mass is 16.7. The molecule has 0 bridgehead atoms. The fraction of sp³-hybridized carbons (Fsp3) is 0.818. The lowest BCUT2D eigenvalue weighted by molar-refractivity contribution is -0.146. The molecular weight excluding hydrogens is 212 g/mol. The average Bonchev–Trinajstić information content (AvgIpc) is 2.17. The summed E-state index contributed by atoms with van der Waals surface area (Å²) in [5, 5.41) is 8.98. The molecule has 5 heteroatoms. The number of hydrogen-bond donors (Lipinski definition) is 1. The molecule has 0 fully saturated rings. The summed E-state index contributed by atoms with van der Waals surface area (Å²) >= 11 is 0.